The van der Waals surface area contributed by atoms with E-state index in [-0.39, 0.29) is 11.8 Å². The SMILES string of the molecule is NCCN1CCCC2C(=O)NCC21. The first-order valence-electron chi connectivity index (χ1n) is 5.05. The van der Waals surface area contributed by atoms with Crippen LogP contribution >= 0.6 is 0 Å². The summed E-state index contributed by atoms with van der Waals surface area (Å²) in [5.41, 5.74) is 5.53. The Hall–Kier alpha value is -0.610. The summed E-state index contributed by atoms with van der Waals surface area (Å²) in [5, 5.41) is 2.93. The van der Waals surface area contributed by atoms with Crippen LogP contribution in [0.15, 0.2) is 0 Å². The first-order valence-corrected chi connectivity index (χ1v) is 5.05. The Balaban J connectivity index is 2.02. The number of hydrogen-bond acceptors (Lipinski definition) is 3. The summed E-state index contributed by atoms with van der Waals surface area (Å²) in [6.45, 7) is 3.55. The molecule has 4 heteroatoms. The van der Waals surface area contributed by atoms with Crippen molar-refractivity contribution in [3.05, 3.63) is 0 Å². The van der Waals surface area contributed by atoms with Gasteiger partial charge in [-0.2, -0.15) is 0 Å². The van der Waals surface area contributed by atoms with E-state index in [0.717, 1.165) is 32.5 Å². The lowest BCUT2D eigenvalue weighted by Gasteiger charge is -2.35. The van der Waals surface area contributed by atoms with Gasteiger partial charge in [-0.1, -0.05) is 0 Å². The highest BCUT2D eigenvalue weighted by atomic mass is 16.2. The maximum absolute atomic E-state index is 11.4. The third kappa shape index (κ3) is 1.56. The van der Waals surface area contributed by atoms with E-state index in [0.29, 0.717) is 12.6 Å². The fraction of sp³-hybridized carbons (Fsp3) is 0.889. The lowest BCUT2D eigenvalue weighted by Crippen LogP contribution is -2.47. The van der Waals surface area contributed by atoms with Crippen LogP contribution in [0.2, 0.25) is 0 Å². The summed E-state index contributed by atoms with van der Waals surface area (Å²) in [6.07, 6.45) is 2.19. The number of hydrogen-bond donors (Lipinski definition) is 2. The van der Waals surface area contributed by atoms with Gasteiger partial charge in [-0.15, -0.1) is 0 Å². The molecule has 1 amide bonds. The molecule has 2 unspecified atom stereocenters. The number of nitrogens with zero attached hydrogens (tertiary/aromatic N) is 1. The molecule has 13 heavy (non-hydrogen) atoms. The Labute approximate surface area is 78.5 Å². The number of nitrogens with two attached hydrogens (primary N) is 1. The molecule has 2 fully saturated rings. The first kappa shape index (κ1) is 8.97. The molecule has 2 aliphatic heterocycles. The summed E-state index contributed by atoms with van der Waals surface area (Å²) in [7, 11) is 0. The third-order valence-corrected chi connectivity index (χ3v) is 3.13. The van der Waals surface area contributed by atoms with E-state index in [1.54, 1.807) is 0 Å². The summed E-state index contributed by atoms with van der Waals surface area (Å²) in [4.78, 5) is 13.7. The number of rotatable bonds is 2. The second-order valence-electron chi connectivity index (χ2n) is 3.89. The molecular weight excluding hydrogens is 166 g/mol. The largest absolute Gasteiger partial charge is 0.354 e. The molecule has 2 saturated heterocycles. The minimum Gasteiger partial charge on any atom is -0.354 e. The average molecular weight is 183 g/mol. The van der Waals surface area contributed by atoms with Crippen molar-refractivity contribution in [2.75, 3.05) is 26.2 Å². The van der Waals surface area contributed by atoms with Crippen molar-refractivity contribution in [3.63, 3.8) is 0 Å². The summed E-state index contributed by atoms with van der Waals surface area (Å²) >= 11 is 0. The molecule has 2 heterocycles. The molecule has 0 saturated carbocycles. The van der Waals surface area contributed by atoms with Crippen molar-refractivity contribution >= 4 is 5.91 Å². The van der Waals surface area contributed by atoms with Crippen molar-refractivity contribution in [3.8, 4) is 0 Å². The molecular formula is C9H17N3O. The van der Waals surface area contributed by atoms with E-state index in [2.05, 4.69) is 10.2 Å². The standard InChI is InChI=1S/C9H17N3O/c10-3-5-12-4-1-2-7-8(12)6-11-9(7)13/h7-8H,1-6,10H2,(H,11,13). The van der Waals surface area contributed by atoms with Gasteiger partial charge in [0.05, 0.1) is 5.92 Å². The maximum atomic E-state index is 11.4. The normalized spacial score (nSPS) is 34.4. The van der Waals surface area contributed by atoms with Crippen molar-refractivity contribution < 1.29 is 4.79 Å². The van der Waals surface area contributed by atoms with Gasteiger partial charge in [-0.25, -0.2) is 0 Å². The molecule has 0 aromatic carbocycles. The molecule has 2 atom stereocenters. The number of amides is 1. The summed E-state index contributed by atoms with van der Waals surface area (Å²) in [6, 6.07) is 0.421. The highest BCUT2D eigenvalue weighted by molar-refractivity contribution is 5.82. The second kappa shape index (κ2) is 3.64. The van der Waals surface area contributed by atoms with Gasteiger partial charge in [0.1, 0.15) is 0 Å². The predicted molar refractivity (Wildman–Crippen MR) is 50.1 cm³/mol. The molecule has 0 aromatic heterocycles. The monoisotopic (exact) mass is 183 g/mol. The first-order chi connectivity index (χ1) is 6.33. The Bertz CT molecular complexity index is 205. The molecule has 2 rings (SSSR count). The maximum Gasteiger partial charge on any atom is 0.224 e. The van der Waals surface area contributed by atoms with Crippen LogP contribution in [-0.2, 0) is 4.79 Å². The van der Waals surface area contributed by atoms with E-state index >= 15 is 0 Å². The number of piperidine rings is 1. The Kier molecular flexibility index (Phi) is 2.51. The molecule has 0 radical (unpaired) electrons. The number of fused-ring (bicyclic) bond motifs is 1. The van der Waals surface area contributed by atoms with Crippen LogP contribution in [0.1, 0.15) is 12.8 Å². The molecule has 74 valence electrons. The molecule has 0 spiro atoms. The Morgan fingerprint density at radius 2 is 2.46 bits per heavy atom. The molecule has 3 N–H and O–H groups in total. The second-order valence-corrected chi connectivity index (χ2v) is 3.89. The van der Waals surface area contributed by atoms with E-state index in [1.165, 1.54) is 0 Å². The van der Waals surface area contributed by atoms with E-state index < -0.39 is 0 Å². The summed E-state index contributed by atoms with van der Waals surface area (Å²) in [5.74, 6) is 0.479. The lowest BCUT2D eigenvalue weighted by atomic mass is 9.91. The number of likely N-dealkylation sites (tertiary alicyclic amines) is 1. The van der Waals surface area contributed by atoms with Gasteiger partial charge in [0.25, 0.3) is 0 Å². The number of carbonyl (C=O) groups is 1. The van der Waals surface area contributed by atoms with Crippen LogP contribution in [0.4, 0.5) is 0 Å². The van der Waals surface area contributed by atoms with Gasteiger partial charge in [0, 0.05) is 25.7 Å². The summed E-state index contributed by atoms with van der Waals surface area (Å²) < 4.78 is 0. The van der Waals surface area contributed by atoms with E-state index in [9.17, 15) is 4.79 Å². The van der Waals surface area contributed by atoms with E-state index in [1.807, 2.05) is 0 Å². The Morgan fingerprint density at radius 1 is 1.62 bits per heavy atom. The highest BCUT2D eigenvalue weighted by Crippen LogP contribution is 2.26. The van der Waals surface area contributed by atoms with Gasteiger partial charge < -0.3 is 11.1 Å². The van der Waals surface area contributed by atoms with Crippen LogP contribution in [0.25, 0.3) is 0 Å². The van der Waals surface area contributed by atoms with Gasteiger partial charge in [-0.3, -0.25) is 9.69 Å². The fourth-order valence-corrected chi connectivity index (χ4v) is 2.48. The minimum atomic E-state index is 0.236. The lowest BCUT2D eigenvalue weighted by molar-refractivity contribution is -0.124. The molecule has 2 aliphatic rings. The van der Waals surface area contributed by atoms with Gasteiger partial charge in [0.2, 0.25) is 5.91 Å². The molecule has 0 bridgehead atoms. The molecule has 0 aliphatic carbocycles. The smallest absolute Gasteiger partial charge is 0.224 e. The van der Waals surface area contributed by atoms with E-state index in [4.69, 9.17) is 5.73 Å². The zero-order chi connectivity index (χ0) is 9.26. The predicted octanol–water partition coefficient (Wildman–Crippen LogP) is -0.844. The zero-order valence-corrected chi connectivity index (χ0v) is 7.83. The van der Waals surface area contributed by atoms with Gasteiger partial charge in [0.15, 0.2) is 0 Å². The topological polar surface area (TPSA) is 58.4 Å². The Morgan fingerprint density at radius 3 is 3.23 bits per heavy atom. The molecule has 0 aromatic rings. The van der Waals surface area contributed by atoms with Crippen molar-refractivity contribution in [2.24, 2.45) is 11.7 Å². The average Bonchev–Trinajstić information content (AvgIpc) is 2.50. The third-order valence-electron chi connectivity index (χ3n) is 3.13. The van der Waals surface area contributed by atoms with Crippen LogP contribution in [0.3, 0.4) is 0 Å². The van der Waals surface area contributed by atoms with Gasteiger partial charge >= 0.3 is 0 Å². The minimum absolute atomic E-state index is 0.236. The fourth-order valence-electron chi connectivity index (χ4n) is 2.48. The van der Waals surface area contributed by atoms with Crippen LogP contribution in [0, 0.1) is 5.92 Å². The van der Waals surface area contributed by atoms with Crippen LogP contribution in [0.5, 0.6) is 0 Å². The van der Waals surface area contributed by atoms with Crippen molar-refractivity contribution in [1.29, 1.82) is 0 Å². The number of carbonyl (C=O) groups excluding carboxylic acids is 1. The van der Waals surface area contributed by atoms with Gasteiger partial charge in [-0.05, 0) is 19.4 Å². The van der Waals surface area contributed by atoms with Crippen molar-refractivity contribution in [1.82, 2.24) is 10.2 Å². The van der Waals surface area contributed by atoms with Crippen LogP contribution < -0.4 is 11.1 Å². The van der Waals surface area contributed by atoms with Crippen molar-refractivity contribution in [2.45, 2.75) is 18.9 Å². The van der Waals surface area contributed by atoms with Crippen LogP contribution in [-0.4, -0.2) is 43.0 Å². The molecule has 4 nitrogen and oxygen atoms in total. The highest BCUT2D eigenvalue weighted by Gasteiger charge is 2.40. The zero-order valence-electron chi connectivity index (χ0n) is 7.83. The quantitative estimate of drug-likeness (QED) is 0.586. The number of nitrogens with one attached hydrogen (secondary N) is 1.